The van der Waals surface area contributed by atoms with Crippen molar-refractivity contribution in [1.82, 2.24) is 0 Å². The van der Waals surface area contributed by atoms with Gasteiger partial charge in [0.25, 0.3) is 5.69 Å². The maximum absolute atomic E-state index is 10.6. The van der Waals surface area contributed by atoms with Gasteiger partial charge in [-0.05, 0) is 37.0 Å². The minimum atomic E-state index is -0.381. The van der Waals surface area contributed by atoms with Crippen LogP contribution in [0.1, 0.15) is 37.9 Å². The second-order valence-corrected chi connectivity index (χ2v) is 5.87. The number of hydrogen-bond donors (Lipinski definition) is 0. The highest BCUT2D eigenvalue weighted by atomic mass is 79.9. The fraction of sp³-hybridized carbons (Fsp3) is 0.538. The second-order valence-electron chi connectivity index (χ2n) is 4.57. The first-order valence-corrected chi connectivity index (χ1v) is 7.05. The Morgan fingerprint density at radius 3 is 2.61 bits per heavy atom. The molecule has 0 spiro atoms. The van der Waals surface area contributed by atoms with E-state index < -0.39 is 0 Å². The zero-order valence-corrected chi connectivity index (χ0v) is 11.8. The summed E-state index contributed by atoms with van der Waals surface area (Å²) in [4.78, 5) is 10.7. The molecule has 5 heteroatoms. The molecule has 4 nitrogen and oxygen atoms in total. The molecular weight excluding hydrogens is 298 g/mol. The molecular formula is C13H16BrNO3. The maximum Gasteiger partial charge on any atom is 0.269 e. The molecule has 0 bridgehead atoms. The van der Waals surface area contributed by atoms with Crippen LogP contribution in [-0.4, -0.2) is 15.9 Å². The van der Waals surface area contributed by atoms with E-state index in [0.29, 0.717) is 4.83 Å². The Hall–Kier alpha value is -0.940. The molecule has 1 aliphatic heterocycles. The van der Waals surface area contributed by atoms with Gasteiger partial charge < -0.3 is 4.74 Å². The molecule has 0 N–H and O–H groups in total. The van der Waals surface area contributed by atoms with Crippen LogP contribution in [0, 0.1) is 10.1 Å². The Kier molecular flexibility index (Phi) is 4.35. The van der Waals surface area contributed by atoms with Crippen molar-refractivity contribution in [3.63, 3.8) is 0 Å². The first-order valence-electron chi connectivity index (χ1n) is 6.14. The summed E-state index contributed by atoms with van der Waals surface area (Å²) in [5.41, 5.74) is 1.14. The van der Waals surface area contributed by atoms with E-state index in [1.54, 1.807) is 12.1 Å². The van der Waals surface area contributed by atoms with Crippen LogP contribution in [0.5, 0.6) is 0 Å². The Bertz CT molecular complexity index is 421. The summed E-state index contributed by atoms with van der Waals surface area (Å²) in [5.74, 6) is 0. The van der Waals surface area contributed by atoms with Crippen LogP contribution < -0.4 is 0 Å². The summed E-state index contributed by atoms with van der Waals surface area (Å²) in [5, 5.41) is 10.6. The topological polar surface area (TPSA) is 52.4 Å². The van der Waals surface area contributed by atoms with E-state index in [4.69, 9.17) is 4.74 Å². The number of rotatable bonds is 3. The molecule has 0 radical (unpaired) electrons. The lowest BCUT2D eigenvalue weighted by Gasteiger charge is -2.33. The summed E-state index contributed by atoms with van der Waals surface area (Å²) < 4.78 is 5.99. The predicted molar refractivity (Wildman–Crippen MR) is 73.0 cm³/mol. The minimum Gasteiger partial charge on any atom is -0.370 e. The van der Waals surface area contributed by atoms with Crippen molar-refractivity contribution in [2.45, 2.75) is 43.2 Å². The van der Waals surface area contributed by atoms with Crippen LogP contribution in [0.4, 0.5) is 5.69 Å². The summed E-state index contributed by atoms with van der Waals surface area (Å²) in [6, 6.07) is 6.66. The average molecular weight is 314 g/mol. The van der Waals surface area contributed by atoms with Gasteiger partial charge in [-0.25, -0.2) is 0 Å². The van der Waals surface area contributed by atoms with Gasteiger partial charge >= 0.3 is 0 Å². The molecule has 1 aromatic rings. The van der Waals surface area contributed by atoms with Gasteiger partial charge in [-0.15, -0.1) is 0 Å². The van der Waals surface area contributed by atoms with Crippen LogP contribution in [0.25, 0.3) is 0 Å². The molecule has 0 saturated carbocycles. The van der Waals surface area contributed by atoms with E-state index in [1.165, 1.54) is 12.1 Å². The van der Waals surface area contributed by atoms with Gasteiger partial charge in [0.15, 0.2) is 0 Å². The molecule has 2 rings (SSSR count). The highest BCUT2D eigenvalue weighted by Crippen LogP contribution is 2.36. The van der Waals surface area contributed by atoms with Gasteiger partial charge in [0, 0.05) is 17.0 Å². The molecule has 1 fully saturated rings. The standard InChI is InChI=1S/C13H16BrNO3/c1-2-12-7-10(14)8-13(18-12)9-3-5-11(6-4-9)15(16)17/h3-6,10,12-13H,2,7-8H2,1H3. The number of nitro groups is 1. The highest BCUT2D eigenvalue weighted by Gasteiger charge is 2.28. The van der Waals surface area contributed by atoms with E-state index in [2.05, 4.69) is 22.9 Å². The van der Waals surface area contributed by atoms with Gasteiger partial charge in [-0.1, -0.05) is 22.9 Å². The fourth-order valence-electron chi connectivity index (χ4n) is 2.25. The van der Waals surface area contributed by atoms with Crippen molar-refractivity contribution in [3.8, 4) is 0 Å². The SMILES string of the molecule is CCC1CC(Br)CC(c2ccc([N+](=O)[O-])cc2)O1. The van der Waals surface area contributed by atoms with Crippen LogP contribution in [0.2, 0.25) is 0 Å². The van der Waals surface area contributed by atoms with Crippen molar-refractivity contribution in [2.75, 3.05) is 0 Å². The van der Waals surface area contributed by atoms with Crippen LogP contribution >= 0.6 is 15.9 Å². The zero-order valence-electron chi connectivity index (χ0n) is 10.2. The van der Waals surface area contributed by atoms with E-state index in [0.717, 1.165) is 24.8 Å². The van der Waals surface area contributed by atoms with Gasteiger partial charge in [0.2, 0.25) is 0 Å². The first kappa shape index (κ1) is 13.5. The Balaban J connectivity index is 2.12. The van der Waals surface area contributed by atoms with Gasteiger partial charge in [0.1, 0.15) is 0 Å². The number of halogens is 1. The monoisotopic (exact) mass is 313 g/mol. The summed E-state index contributed by atoms with van der Waals surface area (Å²) >= 11 is 3.66. The second kappa shape index (κ2) is 5.80. The molecule has 3 atom stereocenters. The Labute approximate surface area is 115 Å². The number of ether oxygens (including phenoxy) is 1. The van der Waals surface area contributed by atoms with Crippen molar-refractivity contribution < 1.29 is 9.66 Å². The molecule has 18 heavy (non-hydrogen) atoms. The molecule has 1 heterocycles. The molecule has 1 aliphatic rings. The lowest BCUT2D eigenvalue weighted by molar-refractivity contribution is -0.384. The van der Waals surface area contributed by atoms with E-state index >= 15 is 0 Å². The van der Waals surface area contributed by atoms with Crippen molar-refractivity contribution in [1.29, 1.82) is 0 Å². The van der Waals surface area contributed by atoms with Crippen LogP contribution in [0.3, 0.4) is 0 Å². The lowest BCUT2D eigenvalue weighted by Crippen LogP contribution is -2.28. The number of benzene rings is 1. The van der Waals surface area contributed by atoms with Crippen molar-refractivity contribution >= 4 is 21.6 Å². The maximum atomic E-state index is 10.6. The predicted octanol–water partition coefficient (Wildman–Crippen LogP) is 3.99. The number of alkyl halides is 1. The van der Waals surface area contributed by atoms with Gasteiger partial charge in [-0.2, -0.15) is 0 Å². The van der Waals surface area contributed by atoms with Crippen LogP contribution in [-0.2, 0) is 4.74 Å². The smallest absolute Gasteiger partial charge is 0.269 e. The van der Waals surface area contributed by atoms with E-state index in [1.807, 2.05) is 0 Å². The molecule has 0 aliphatic carbocycles. The average Bonchev–Trinajstić information content (AvgIpc) is 2.38. The number of hydrogen-bond acceptors (Lipinski definition) is 3. The number of nitro benzene ring substituents is 1. The summed E-state index contributed by atoms with van der Waals surface area (Å²) in [7, 11) is 0. The highest BCUT2D eigenvalue weighted by molar-refractivity contribution is 9.09. The van der Waals surface area contributed by atoms with E-state index in [-0.39, 0.29) is 22.8 Å². The Morgan fingerprint density at radius 2 is 2.06 bits per heavy atom. The van der Waals surface area contributed by atoms with Gasteiger partial charge in [-0.3, -0.25) is 10.1 Å². The quantitative estimate of drug-likeness (QED) is 0.481. The fourth-order valence-corrected chi connectivity index (χ4v) is 3.00. The Morgan fingerprint density at radius 1 is 1.39 bits per heavy atom. The number of non-ortho nitro benzene ring substituents is 1. The molecule has 3 unspecified atom stereocenters. The molecule has 1 saturated heterocycles. The third-order valence-corrected chi connectivity index (χ3v) is 4.02. The lowest BCUT2D eigenvalue weighted by atomic mass is 9.97. The zero-order chi connectivity index (χ0) is 13.1. The summed E-state index contributed by atoms with van der Waals surface area (Å²) in [6.45, 7) is 2.11. The number of nitrogens with zero attached hydrogens (tertiary/aromatic N) is 1. The largest absolute Gasteiger partial charge is 0.370 e. The van der Waals surface area contributed by atoms with Crippen LogP contribution in [0.15, 0.2) is 24.3 Å². The minimum absolute atomic E-state index is 0.0360. The summed E-state index contributed by atoms with van der Waals surface area (Å²) in [6.07, 6.45) is 3.23. The third-order valence-electron chi connectivity index (χ3n) is 3.28. The molecule has 0 amide bonds. The van der Waals surface area contributed by atoms with Crippen molar-refractivity contribution in [2.24, 2.45) is 0 Å². The van der Waals surface area contributed by atoms with Crippen molar-refractivity contribution in [3.05, 3.63) is 39.9 Å². The third kappa shape index (κ3) is 3.09. The normalized spacial score (nSPS) is 28.0. The van der Waals surface area contributed by atoms with Gasteiger partial charge in [0.05, 0.1) is 17.1 Å². The van der Waals surface area contributed by atoms with E-state index in [9.17, 15) is 10.1 Å². The first-order chi connectivity index (χ1) is 8.60. The molecule has 0 aromatic heterocycles. The molecule has 1 aromatic carbocycles. The molecule has 98 valence electrons.